The first-order valence-electron chi connectivity index (χ1n) is 16.0. The Morgan fingerprint density at radius 3 is 2.66 bits per heavy atom. The second-order valence-corrected chi connectivity index (χ2v) is 12.1. The molecule has 4 heterocycles. The second-order valence-electron chi connectivity index (χ2n) is 12.1. The van der Waals surface area contributed by atoms with Gasteiger partial charge in [0.25, 0.3) is 5.91 Å². The fourth-order valence-electron chi connectivity index (χ4n) is 6.79. The molecule has 47 heavy (non-hydrogen) atoms. The number of ether oxygens (including phenoxy) is 1. The van der Waals surface area contributed by atoms with E-state index in [-0.39, 0.29) is 41.5 Å². The zero-order valence-electron chi connectivity index (χ0n) is 26.6. The number of aromatic nitrogens is 1. The van der Waals surface area contributed by atoms with E-state index in [0.717, 1.165) is 50.7 Å². The van der Waals surface area contributed by atoms with Crippen LogP contribution in [0.2, 0.25) is 0 Å². The maximum atomic E-state index is 13.6. The molecule has 3 aliphatic heterocycles. The molecule has 6 rings (SSSR count). The molecule has 4 N–H and O–H groups in total. The number of piperazine rings is 1. The number of nitrogens with zero attached hydrogens (tertiary/aromatic N) is 5. The Bertz CT molecular complexity index is 1650. The van der Waals surface area contributed by atoms with Gasteiger partial charge in [-0.15, -0.1) is 0 Å². The van der Waals surface area contributed by atoms with Crippen molar-refractivity contribution in [3.05, 3.63) is 71.3 Å². The highest BCUT2D eigenvalue weighted by atomic mass is 19.4. The minimum Gasteiger partial charge on any atom is -0.493 e. The zero-order chi connectivity index (χ0) is 33.5. The predicted molar refractivity (Wildman–Crippen MR) is 171 cm³/mol. The molecule has 1 spiro atoms. The van der Waals surface area contributed by atoms with Gasteiger partial charge in [-0.05, 0) is 63.1 Å². The average molecular weight is 653 g/mol. The van der Waals surface area contributed by atoms with Crippen molar-refractivity contribution < 1.29 is 27.5 Å². The number of carbonyl (C=O) groups is 2. The van der Waals surface area contributed by atoms with E-state index in [4.69, 9.17) is 10.5 Å². The van der Waals surface area contributed by atoms with Crippen molar-refractivity contribution in [3.63, 3.8) is 0 Å². The van der Waals surface area contributed by atoms with E-state index >= 15 is 0 Å². The molecular weight excluding hydrogens is 613 g/mol. The van der Waals surface area contributed by atoms with Gasteiger partial charge in [0.05, 0.1) is 17.9 Å². The molecule has 1 aromatic carbocycles. The lowest BCUT2D eigenvalue weighted by atomic mass is 9.99. The smallest absolute Gasteiger partial charge is 0.416 e. The van der Waals surface area contributed by atoms with Gasteiger partial charge in [-0.2, -0.15) is 13.2 Å². The Morgan fingerprint density at radius 2 is 1.98 bits per heavy atom. The largest absolute Gasteiger partial charge is 0.493 e. The van der Waals surface area contributed by atoms with E-state index in [2.05, 4.69) is 39.4 Å². The third-order valence-electron chi connectivity index (χ3n) is 9.37. The number of hydrogen-bond acceptors (Lipinski definition) is 9. The SMILES string of the molecule is CCOc1cc(C(=O)Nc2cc(C(F)(F)F)ccn2)ccc1C1=C2C(N)=NC=CN2C(C(CC)CN2CCN(CC)C3(CC3)C2=O)N1. The van der Waals surface area contributed by atoms with E-state index in [1.54, 1.807) is 24.4 Å². The first-order valence-corrected chi connectivity index (χ1v) is 16.0. The number of pyridine rings is 1. The Hall–Kier alpha value is -4.59. The molecule has 250 valence electrons. The molecule has 2 unspecified atom stereocenters. The molecule has 1 aromatic heterocycles. The topological polar surface area (TPSA) is 128 Å². The van der Waals surface area contributed by atoms with Crippen molar-refractivity contribution >= 4 is 29.2 Å². The number of anilines is 1. The number of halogens is 3. The average Bonchev–Trinajstić information content (AvgIpc) is 3.75. The number of benzene rings is 1. The van der Waals surface area contributed by atoms with Crippen LogP contribution in [0.4, 0.5) is 19.0 Å². The Kier molecular flexibility index (Phi) is 8.64. The van der Waals surface area contributed by atoms with Gasteiger partial charge in [-0.3, -0.25) is 14.5 Å². The summed E-state index contributed by atoms with van der Waals surface area (Å²) < 4.78 is 45.5. The molecule has 2 aromatic rings. The quantitative estimate of drug-likeness (QED) is 0.348. The third kappa shape index (κ3) is 6.01. The van der Waals surface area contributed by atoms with Crippen LogP contribution < -0.4 is 21.1 Å². The predicted octanol–water partition coefficient (Wildman–Crippen LogP) is 4.22. The molecular formula is C33H39F3N8O3. The number of amides is 2. The van der Waals surface area contributed by atoms with Gasteiger partial charge in [-0.1, -0.05) is 13.8 Å². The molecule has 1 aliphatic carbocycles. The molecule has 4 aliphatic rings. The Labute approximate surface area is 271 Å². The molecule has 14 heteroatoms. The standard InChI is InChI=1S/C33H39F3N8O3/c1-4-20(19-42-15-16-43(5-2)32(10-11-32)31(42)46)29-41-26(27-28(37)39-13-14-44(27)29)23-8-7-21(17-24(23)47-6-3)30(45)40-25-18-22(9-12-38-25)33(34,35)36/h7-9,12-14,17-18,20,29,41H,4-6,10-11,15-16,19H2,1-3H3,(H2,37,39)(H,38,40,45). The summed E-state index contributed by atoms with van der Waals surface area (Å²) in [7, 11) is 0. The number of nitrogens with two attached hydrogens (primary N) is 1. The molecule has 11 nitrogen and oxygen atoms in total. The van der Waals surface area contributed by atoms with Gasteiger partial charge in [-0.25, -0.2) is 9.98 Å². The molecule has 2 fully saturated rings. The first kappa shape index (κ1) is 32.4. The maximum Gasteiger partial charge on any atom is 0.416 e. The Balaban J connectivity index is 1.26. The van der Waals surface area contributed by atoms with Gasteiger partial charge in [0.1, 0.15) is 34.8 Å². The van der Waals surface area contributed by atoms with E-state index in [0.29, 0.717) is 41.6 Å². The van der Waals surface area contributed by atoms with Crippen molar-refractivity contribution in [3.8, 4) is 5.75 Å². The molecule has 0 bridgehead atoms. The number of alkyl halides is 3. The summed E-state index contributed by atoms with van der Waals surface area (Å²) in [5.74, 6) is 0.0555. The molecule has 1 saturated heterocycles. The fourth-order valence-corrected chi connectivity index (χ4v) is 6.79. The summed E-state index contributed by atoms with van der Waals surface area (Å²) in [4.78, 5) is 41.3. The lowest BCUT2D eigenvalue weighted by Crippen LogP contribution is -2.60. The minimum atomic E-state index is -4.57. The van der Waals surface area contributed by atoms with Crippen molar-refractivity contribution in [1.82, 2.24) is 25.0 Å². The first-order chi connectivity index (χ1) is 22.5. The lowest BCUT2D eigenvalue weighted by molar-refractivity contribution is -0.145. The van der Waals surface area contributed by atoms with Gasteiger partial charge < -0.3 is 30.9 Å². The number of rotatable bonds is 10. The number of fused-ring (bicyclic) bond motifs is 1. The van der Waals surface area contributed by atoms with Crippen molar-refractivity contribution in [2.24, 2.45) is 16.6 Å². The van der Waals surface area contributed by atoms with E-state index < -0.39 is 17.6 Å². The van der Waals surface area contributed by atoms with Crippen LogP contribution in [0.25, 0.3) is 5.70 Å². The van der Waals surface area contributed by atoms with Crippen LogP contribution in [0, 0.1) is 5.92 Å². The van der Waals surface area contributed by atoms with E-state index in [1.807, 2.05) is 22.9 Å². The molecule has 0 radical (unpaired) electrons. The van der Waals surface area contributed by atoms with Crippen LogP contribution in [0.3, 0.4) is 0 Å². The third-order valence-corrected chi connectivity index (χ3v) is 9.37. The highest BCUT2D eigenvalue weighted by Gasteiger charge is 2.58. The summed E-state index contributed by atoms with van der Waals surface area (Å²) in [6, 6.07) is 6.44. The summed E-state index contributed by atoms with van der Waals surface area (Å²) >= 11 is 0. The van der Waals surface area contributed by atoms with Crippen LogP contribution in [-0.2, 0) is 11.0 Å². The second kappa shape index (κ2) is 12.5. The summed E-state index contributed by atoms with van der Waals surface area (Å²) in [6.45, 7) is 9.28. The van der Waals surface area contributed by atoms with Gasteiger partial charge in [0.15, 0.2) is 0 Å². The number of likely N-dealkylation sites (N-methyl/N-ethyl adjacent to an activating group) is 1. The van der Waals surface area contributed by atoms with Gasteiger partial charge in [0, 0.05) is 55.3 Å². The highest BCUT2D eigenvalue weighted by Crippen LogP contribution is 2.45. The summed E-state index contributed by atoms with van der Waals surface area (Å²) in [5.41, 5.74) is 7.32. The highest BCUT2D eigenvalue weighted by molar-refractivity contribution is 6.07. The number of aliphatic imine (C=N–C) groups is 1. The number of amidine groups is 1. The van der Waals surface area contributed by atoms with Crippen molar-refractivity contribution in [1.29, 1.82) is 0 Å². The summed E-state index contributed by atoms with van der Waals surface area (Å²) in [5, 5.41) is 6.09. The van der Waals surface area contributed by atoms with Gasteiger partial charge >= 0.3 is 6.18 Å². The van der Waals surface area contributed by atoms with Gasteiger partial charge in [0.2, 0.25) is 5.91 Å². The molecule has 2 amide bonds. The molecule has 1 saturated carbocycles. The van der Waals surface area contributed by atoms with E-state index in [9.17, 15) is 22.8 Å². The van der Waals surface area contributed by atoms with Crippen LogP contribution in [0.5, 0.6) is 5.75 Å². The van der Waals surface area contributed by atoms with E-state index in [1.165, 1.54) is 0 Å². The Morgan fingerprint density at radius 1 is 1.19 bits per heavy atom. The van der Waals surface area contributed by atoms with Crippen LogP contribution in [-0.4, -0.2) is 81.8 Å². The number of carbonyl (C=O) groups excluding carboxylic acids is 2. The monoisotopic (exact) mass is 652 g/mol. The van der Waals surface area contributed by atoms with Crippen LogP contribution in [0.15, 0.2) is 59.6 Å². The number of hydrogen-bond donors (Lipinski definition) is 3. The fraction of sp³-hybridized carbons (Fsp3) is 0.455. The zero-order valence-corrected chi connectivity index (χ0v) is 26.6. The normalized spacial score (nSPS) is 21.0. The minimum absolute atomic E-state index is 0.0338. The van der Waals surface area contributed by atoms with Crippen molar-refractivity contribution in [2.45, 2.75) is 57.9 Å². The molecule has 2 atom stereocenters. The van der Waals surface area contributed by atoms with Crippen LogP contribution >= 0.6 is 0 Å². The lowest BCUT2D eigenvalue weighted by Gasteiger charge is -2.43. The van der Waals surface area contributed by atoms with Crippen LogP contribution in [0.1, 0.15) is 61.5 Å². The van der Waals surface area contributed by atoms with Crippen molar-refractivity contribution in [2.75, 3.05) is 38.1 Å². The maximum absolute atomic E-state index is 13.6. The summed E-state index contributed by atoms with van der Waals surface area (Å²) in [6.07, 6.45) is 2.27. The number of nitrogens with one attached hydrogen (secondary N) is 2.